The van der Waals surface area contributed by atoms with Crippen LogP contribution < -0.4 is 0 Å². The van der Waals surface area contributed by atoms with Crippen molar-refractivity contribution in [1.82, 2.24) is 0 Å². The maximum atomic E-state index is 12.0. The summed E-state index contributed by atoms with van der Waals surface area (Å²) in [5.74, 6) is -0.0951. The summed E-state index contributed by atoms with van der Waals surface area (Å²) in [5.41, 5.74) is 4.53. The van der Waals surface area contributed by atoms with Crippen molar-refractivity contribution >= 4 is 5.78 Å². The van der Waals surface area contributed by atoms with Crippen LogP contribution in [-0.2, 0) is 4.79 Å². The largest absolute Gasteiger partial charge is 0.294 e. The molecule has 0 amide bonds. The minimum atomic E-state index is -0.167. The molecule has 0 heterocycles. The Hall–Kier alpha value is -2.15. The van der Waals surface area contributed by atoms with E-state index in [1.807, 2.05) is 36.4 Å². The molecule has 0 atom stereocenters. The molecule has 0 saturated carbocycles. The highest BCUT2D eigenvalue weighted by Crippen LogP contribution is 2.44. The van der Waals surface area contributed by atoms with Crippen molar-refractivity contribution in [3.63, 3.8) is 0 Å². The normalized spacial score (nSPS) is 12.9. The molecule has 0 unspecified atom stereocenters. The van der Waals surface area contributed by atoms with Crippen LogP contribution in [0, 0.1) is 0 Å². The average molecular weight is 220 g/mol. The molecule has 0 aromatic heterocycles. The average Bonchev–Trinajstić information content (AvgIpc) is 2.72. The first-order valence-corrected chi connectivity index (χ1v) is 5.67. The third-order valence-corrected chi connectivity index (χ3v) is 3.32. The smallest absolute Gasteiger partial charge is 0.166 e. The molecule has 0 bridgehead atoms. The number of fused-ring (bicyclic) bond motifs is 3. The molecule has 1 aliphatic carbocycles. The fourth-order valence-electron chi connectivity index (χ4n) is 2.58. The molecule has 1 heteroatoms. The van der Waals surface area contributed by atoms with Crippen molar-refractivity contribution in [2.24, 2.45) is 0 Å². The molecular formula is C16H12O. The van der Waals surface area contributed by atoms with Gasteiger partial charge in [-0.25, -0.2) is 0 Å². The number of carbonyl (C=O) groups excluding carboxylic acids is 1. The van der Waals surface area contributed by atoms with Crippen molar-refractivity contribution in [2.75, 3.05) is 0 Å². The molecule has 3 rings (SSSR count). The van der Waals surface area contributed by atoms with Gasteiger partial charge in [0, 0.05) is 0 Å². The number of rotatable bonds is 2. The molecule has 0 N–H and O–H groups in total. The summed E-state index contributed by atoms with van der Waals surface area (Å²) >= 11 is 0. The first kappa shape index (κ1) is 10.0. The van der Waals surface area contributed by atoms with Crippen molar-refractivity contribution < 1.29 is 4.79 Å². The van der Waals surface area contributed by atoms with Gasteiger partial charge in [0.25, 0.3) is 0 Å². The Morgan fingerprint density at radius 1 is 0.941 bits per heavy atom. The van der Waals surface area contributed by atoms with Crippen LogP contribution >= 0.6 is 0 Å². The molecule has 17 heavy (non-hydrogen) atoms. The standard InChI is InChI=1S/C16H12O/c1-2-15(17)16-13-9-5-3-7-11(13)12-8-4-6-10-14(12)16/h2-10,16H,1H2. The van der Waals surface area contributed by atoms with E-state index in [4.69, 9.17) is 0 Å². The van der Waals surface area contributed by atoms with Crippen LogP contribution in [0.5, 0.6) is 0 Å². The molecule has 0 radical (unpaired) electrons. The maximum Gasteiger partial charge on any atom is 0.166 e. The van der Waals surface area contributed by atoms with Gasteiger partial charge in [-0.1, -0.05) is 55.1 Å². The SMILES string of the molecule is C=CC(=O)C1c2ccccc2-c2ccccc21. The van der Waals surface area contributed by atoms with Crippen molar-refractivity contribution in [3.8, 4) is 11.1 Å². The Balaban J connectivity index is 2.31. The lowest BCUT2D eigenvalue weighted by Crippen LogP contribution is -2.07. The van der Waals surface area contributed by atoms with Gasteiger partial charge in [-0.3, -0.25) is 4.79 Å². The van der Waals surface area contributed by atoms with Crippen LogP contribution in [0.2, 0.25) is 0 Å². The fourth-order valence-corrected chi connectivity index (χ4v) is 2.58. The highest BCUT2D eigenvalue weighted by molar-refractivity contribution is 6.02. The Morgan fingerprint density at radius 3 is 1.88 bits per heavy atom. The predicted octanol–water partition coefficient (Wildman–Crippen LogP) is 3.55. The fraction of sp³-hybridized carbons (Fsp3) is 0.0625. The third kappa shape index (κ3) is 1.36. The second kappa shape index (κ2) is 3.70. The van der Waals surface area contributed by atoms with Gasteiger partial charge >= 0.3 is 0 Å². The van der Waals surface area contributed by atoms with Gasteiger partial charge in [0.05, 0.1) is 5.92 Å². The van der Waals surface area contributed by atoms with Crippen molar-refractivity contribution in [2.45, 2.75) is 5.92 Å². The van der Waals surface area contributed by atoms with Crippen molar-refractivity contribution in [1.29, 1.82) is 0 Å². The number of benzene rings is 2. The Kier molecular flexibility index (Phi) is 2.19. The molecule has 1 nitrogen and oxygen atoms in total. The Morgan fingerprint density at radius 2 is 1.41 bits per heavy atom. The number of hydrogen-bond donors (Lipinski definition) is 0. The van der Waals surface area contributed by atoms with Crippen LogP contribution in [0.15, 0.2) is 61.2 Å². The summed E-state index contributed by atoms with van der Waals surface area (Å²) in [5, 5.41) is 0. The van der Waals surface area contributed by atoms with E-state index in [-0.39, 0.29) is 11.7 Å². The lowest BCUT2D eigenvalue weighted by Gasteiger charge is -2.08. The zero-order valence-electron chi connectivity index (χ0n) is 9.39. The van der Waals surface area contributed by atoms with Crippen LogP contribution in [0.3, 0.4) is 0 Å². The van der Waals surface area contributed by atoms with E-state index >= 15 is 0 Å². The van der Waals surface area contributed by atoms with E-state index in [1.165, 1.54) is 17.2 Å². The lowest BCUT2D eigenvalue weighted by atomic mass is 9.93. The molecular weight excluding hydrogens is 208 g/mol. The molecule has 0 fully saturated rings. The van der Waals surface area contributed by atoms with Crippen LogP contribution in [0.4, 0.5) is 0 Å². The first-order valence-electron chi connectivity index (χ1n) is 5.67. The lowest BCUT2D eigenvalue weighted by molar-refractivity contribution is -0.115. The van der Waals surface area contributed by atoms with E-state index in [0.29, 0.717) is 0 Å². The summed E-state index contributed by atoms with van der Waals surface area (Å²) in [4.78, 5) is 12.0. The van der Waals surface area contributed by atoms with Crippen LogP contribution in [0.25, 0.3) is 11.1 Å². The van der Waals surface area contributed by atoms with E-state index in [9.17, 15) is 4.79 Å². The first-order chi connectivity index (χ1) is 8.33. The van der Waals surface area contributed by atoms with Gasteiger partial charge in [0.2, 0.25) is 0 Å². The summed E-state index contributed by atoms with van der Waals surface area (Å²) in [6.07, 6.45) is 1.42. The van der Waals surface area contributed by atoms with Gasteiger partial charge in [0.15, 0.2) is 5.78 Å². The minimum Gasteiger partial charge on any atom is -0.294 e. The van der Waals surface area contributed by atoms with E-state index in [2.05, 4.69) is 18.7 Å². The summed E-state index contributed by atoms with van der Waals surface area (Å²) in [6, 6.07) is 16.2. The van der Waals surface area contributed by atoms with Crippen LogP contribution in [-0.4, -0.2) is 5.78 Å². The second-order valence-electron chi connectivity index (χ2n) is 4.21. The third-order valence-electron chi connectivity index (χ3n) is 3.32. The second-order valence-corrected chi connectivity index (χ2v) is 4.21. The quantitative estimate of drug-likeness (QED) is 0.707. The van der Waals surface area contributed by atoms with Crippen LogP contribution in [0.1, 0.15) is 17.0 Å². The molecule has 2 aromatic rings. The summed E-state index contributed by atoms with van der Waals surface area (Å²) in [6.45, 7) is 3.60. The van der Waals surface area contributed by atoms with Crippen molar-refractivity contribution in [3.05, 3.63) is 72.3 Å². The van der Waals surface area contributed by atoms with Gasteiger partial charge in [-0.2, -0.15) is 0 Å². The predicted molar refractivity (Wildman–Crippen MR) is 68.9 cm³/mol. The number of allylic oxidation sites excluding steroid dienone is 1. The summed E-state index contributed by atoms with van der Waals surface area (Å²) < 4.78 is 0. The molecule has 0 spiro atoms. The molecule has 0 saturated heterocycles. The van der Waals surface area contributed by atoms with Gasteiger partial charge in [-0.15, -0.1) is 0 Å². The molecule has 82 valence electrons. The Labute approximate surface area is 100 Å². The highest BCUT2D eigenvalue weighted by Gasteiger charge is 2.31. The van der Waals surface area contributed by atoms with E-state index < -0.39 is 0 Å². The Bertz CT molecular complexity index is 565. The van der Waals surface area contributed by atoms with Gasteiger partial charge < -0.3 is 0 Å². The van der Waals surface area contributed by atoms with Gasteiger partial charge in [-0.05, 0) is 28.3 Å². The number of hydrogen-bond acceptors (Lipinski definition) is 1. The zero-order valence-corrected chi connectivity index (χ0v) is 9.39. The van der Waals surface area contributed by atoms with Gasteiger partial charge in [0.1, 0.15) is 0 Å². The maximum absolute atomic E-state index is 12.0. The number of carbonyl (C=O) groups is 1. The van der Waals surface area contributed by atoms with E-state index in [1.54, 1.807) is 0 Å². The number of ketones is 1. The minimum absolute atomic E-state index is 0.0717. The zero-order chi connectivity index (χ0) is 11.8. The monoisotopic (exact) mass is 220 g/mol. The molecule has 0 aliphatic heterocycles. The summed E-state index contributed by atoms with van der Waals surface area (Å²) in [7, 11) is 0. The highest BCUT2D eigenvalue weighted by atomic mass is 16.1. The molecule has 1 aliphatic rings. The van der Waals surface area contributed by atoms with E-state index in [0.717, 1.165) is 11.1 Å². The molecule has 2 aromatic carbocycles. The topological polar surface area (TPSA) is 17.1 Å².